The van der Waals surface area contributed by atoms with E-state index in [9.17, 15) is 9.90 Å². The first-order valence-corrected chi connectivity index (χ1v) is 9.88. The minimum atomic E-state index is -0.166. The molecule has 144 valence electrons. The number of aromatic amines is 1. The molecule has 0 radical (unpaired) electrons. The summed E-state index contributed by atoms with van der Waals surface area (Å²) in [6.45, 7) is 7.42. The summed E-state index contributed by atoms with van der Waals surface area (Å²) in [5.74, 6) is 0.455. The quantitative estimate of drug-likeness (QED) is 0.675. The number of piperidine rings is 1. The largest absolute Gasteiger partial charge is 0.508 e. The molecule has 2 N–H and O–H groups in total. The maximum absolute atomic E-state index is 13.5. The van der Waals surface area contributed by atoms with Gasteiger partial charge in [0.05, 0.1) is 17.4 Å². The van der Waals surface area contributed by atoms with Gasteiger partial charge >= 0.3 is 0 Å². The second kappa shape index (κ2) is 5.60. The Morgan fingerprint density at radius 2 is 2.07 bits per heavy atom. The highest BCUT2D eigenvalue weighted by Gasteiger charge is 2.57. The number of aromatic nitrogens is 2. The molecule has 1 aliphatic carbocycles. The van der Waals surface area contributed by atoms with Crippen LogP contribution in [-0.2, 0) is 11.8 Å². The predicted octanol–water partition coefficient (Wildman–Crippen LogP) is 4.02. The maximum Gasteiger partial charge on any atom is 0.254 e. The number of phenolic OH excluding ortho intramolecular Hbond substituents is 1. The van der Waals surface area contributed by atoms with Crippen LogP contribution in [-0.4, -0.2) is 38.5 Å². The summed E-state index contributed by atoms with van der Waals surface area (Å²) < 4.78 is 0. The predicted molar refractivity (Wildman–Crippen MR) is 108 cm³/mol. The highest BCUT2D eigenvalue weighted by Crippen LogP contribution is 2.58. The lowest BCUT2D eigenvalue weighted by atomic mass is 9.50. The van der Waals surface area contributed by atoms with Crippen molar-refractivity contribution in [1.82, 2.24) is 14.9 Å². The van der Waals surface area contributed by atoms with E-state index in [1.165, 1.54) is 0 Å². The average molecular weight is 375 g/mol. The van der Waals surface area contributed by atoms with E-state index in [0.29, 0.717) is 17.9 Å². The first-order valence-electron chi connectivity index (χ1n) is 9.88. The molecule has 0 saturated carbocycles. The van der Waals surface area contributed by atoms with Gasteiger partial charge in [-0.2, -0.15) is 0 Å². The lowest BCUT2D eigenvalue weighted by Crippen LogP contribution is -2.64. The molecular formula is C23H25N3O2. The van der Waals surface area contributed by atoms with Gasteiger partial charge in [-0.05, 0) is 48.1 Å². The molecule has 1 aromatic heterocycles. The van der Waals surface area contributed by atoms with E-state index in [4.69, 9.17) is 0 Å². The van der Waals surface area contributed by atoms with Gasteiger partial charge < -0.3 is 15.0 Å². The van der Waals surface area contributed by atoms with E-state index in [0.717, 1.165) is 35.0 Å². The van der Waals surface area contributed by atoms with Crippen LogP contribution >= 0.6 is 0 Å². The number of nitrogens with zero attached hydrogens (tertiary/aromatic N) is 2. The number of hydrogen-bond donors (Lipinski definition) is 2. The number of phenols is 1. The summed E-state index contributed by atoms with van der Waals surface area (Å²) in [5.41, 5.74) is 4.36. The fourth-order valence-electron chi connectivity index (χ4n) is 5.47. The van der Waals surface area contributed by atoms with Crippen LogP contribution in [0.3, 0.4) is 0 Å². The standard InChI is InChI=1S/C23H25N3O2/c1-22(2)19-12-14-5-4-6-18(27)20(14)23(22,3)9-10-26(19)21(28)15-7-8-16-17(11-15)25-13-24-16/h4-8,11,13,19,27H,9-10,12H2,1-3H3,(H,24,25). The molecule has 1 fully saturated rings. The highest BCUT2D eigenvalue weighted by atomic mass is 16.3. The van der Waals surface area contributed by atoms with Crippen LogP contribution in [0.4, 0.5) is 0 Å². The Labute approximate surface area is 164 Å². The van der Waals surface area contributed by atoms with Gasteiger partial charge in [0, 0.05) is 29.1 Å². The van der Waals surface area contributed by atoms with Gasteiger partial charge in [0.25, 0.3) is 5.91 Å². The van der Waals surface area contributed by atoms with Crippen molar-refractivity contribution in [3.05, 3.63) is 59.4 Å². The molecular weight excluding hydrogens is 350 g/mol. The number of benzene rings is 2. The van der Waals surface area contributed by atoms with Crippen molar-refractivity contribution in [1.29, 1.82) is 0 Å². The Balaban J connectivity index is 1.58. The summed E-state index contributed by atoms with van der Waals surface area (Å²) in [6.07, 6.45) is 3.25. The van der Waals surface area contributed by atoms with Crippen LogP contribution in [0.25, 0.3) is 11.0 Å². The molecule has 2 aromatic carbocycles. The summed E-state index contributed by atoms with van der Waals surface area (Å²) in [4.78, 5) is 22.9. The normalized spacial score (nSPS) is 25.5. The van der Waals surface area contributed by atoms with Crippen molar-refractivity contribution in [2.75, 3.05) is 6.54 Å². The van der Waals surface area contributed by atoms with Crippen LogP contribution in [0.2, 0.25) is 0 Å². The third kappa shape index (κ3) is 2.13. The topological polar surface area (TPSA) is 69.2 Å². The molecule has 1 saturated heterocycles. The number of carbonyl (C=O) groups excluding carboxylic acids is 1. The number of rotatable bonds is 1. The van der Waals surface area contributed by atoms with Gasteiger partial charge in [0.2, 0.25) is 0 Å². The number of carbonyl (C=O) groups is 1. The molecule has 2 atom stereocenters. The first kappa shape index (κ1) is 17.3. The number of nitrogens with one attached hydrogen (secondary N) is 1. The second-order valence-electron chi connectivity index (χ2n) is 8.97. The maximum atomic E-state index is 13.5. The van der Waals surface area contributed by atoms with Crippen molar-refractivity contribution in [3.8, 4) is 5.75 Å². The van der Waals surface area contributed by atoms with Crippen LogP contribution in [0.5, 0.6) is 5.75 Å². The Kier molecular flexibility index (Phi) is 3.46. The van der Waals surface area contributed by atoms with Gasteiger partial charge in [-0.25, -0.2) is 4.98 Å². The van der Waals surface area contributed by atoms with Gasteiger partial charge in [-0.15, -0.1) is 0 Å². The van der Waals surface area contributed by atoms with Crippen molar-refractivity contribution in [3.63, 3.8) is 0 Å². The summed E-state index contributed by atoms with van der Waals surface area (Å²) in [5, 5.41) is 10.6. The third-order valence-corrected chi connectivity index (χ3v) is 7.51. The molecule has 28 heavy (non-hydrogen) atoms. The van der Waals surface area contributed by atoms with E-state index in [2.05, 4.69) is 36.8 Å². The van der Waals surface area contributed by atoms with Crippen LogP contribution in [0, 0.1) is 5.41 Å². The number of likely N-dealkylation sites (tertiary alicyclic amines) is 1. The van der Waals surface area contributed by atoms with Gasteiger partial charge in [-0.3, -0.25) is 4.79 Å². The minimum absolute atomic E-state index is 0.0697. The molecule has 2 aliphatic rings. The highest BCUT2D eigenvalue weighted by molar-refractivity contribution is 5.97. The van der Waals surface area contributed by atoms with E-state index >= 15 is 0 Å². The smallest absolute Gasteiger partial charge is 0.254 e. The summed E-state index contributed by atoms with van der Waals surface area (Å²) in [6, 6.07) is 11.5. The Hall–Kier alpha value is -2.82. The molecule has 2 bridgehead atoms. The van der Waals surface area contributed by atoms with Crippen LogP contribution < -0.4 is 0 Å². The van der Waals surface area contributed by atoms with E-state index in [1.54, 1.807) is 12.4 Å². The zero-order valence-electron chi connectivity index (χ0n) is 16.5. The minimum Gasteiger partial charge on any atom is -0.508 e. The molecule has 5 rings (SSSR count). The lowest BCUT2D eigenvalue weighted by molar-refractivity contribution is -0.0271. The number of fused-ring (bicyclic) bond motifs is 5. The molecule has 3 aromatic rings. The SMILES string of the molecule is CC12CCN(C(=O)c3ccc4nc[nH]c4c3)C(Cc3cccc(O)c31)C2(C)C. The van der Waals surface area contributed by atoms with E-state index in [-0.39, 0.29) is 22.8 Å². The van der Waals surface area contributed by atoms with Crippen LogP contribution in [0.1, 0.15) is 48.7 Å². The van der Waals surface area contributed by atoms with Crippen molar-refractivity contribution < 1.29 is 9.90 Å². The summed E-state index contributed by atoms with van der Waals surface area (Å²) in [7, 11) is 0. The zero-order chi connectivity index (χ0) is 19.7. The zero-order valence-corrected chi connectivity index (χ0v) is 16.5. The fourth-order valence-corrected chi connectivity index (χ4v) is 5.47. The van der Waals surface area contributed by atoms with Crippen molar-refractivity contribution in [2.24, 2.45) is 5.41 Å². The summed E-state index contributed by atoms with van der Waals surface area (Å²) >= 11 is 0. The number of hydrogen-bond acceptors (Lipinski definition) is 3. The first-order chi connectivity index (χ1) is 13.3. The lowest BCUT2D eigenvalue weighted by Gasteiger charge is -2.60. The van der Waals surface area contributed by atoms with Gasteiger partial charge in [0.15, 0.2) is 0 Å². The molecule has 2 unspecified atom stereocenters. The van der Waals surface area contributed by atoms with Gasteiger partial charge in [0.1, 0.15) is 5.75 Å². The van der Waals surface area contributed by atoms with Crippen molar-refractivity contribution in [2.45, 2.75) is 45.1 Å². The molecule has 5 heteroatoms. The number of imidazole rings is 1. The van der Waals surface area contributed by atoms with Crippen molar-refractivity contribution >= 4 is 16.9 Å². The monoisotopic (exact) mass is 375 g/mol. The average Bonchev–Trinajstić information content (AvgIpc) is 3.11. The number of amides is 1. The molecule has 5 nitrogen and oxygen atoms in total. The Morgan fingerprint density at radius 3 is 2.89 bits per heavy atom. The van der Waals surface area contributed by atoms with E-state index in [1.807, 2.05) is 29.2 Å². The second-order valence-corrected chi connectivity index (χ2v) is 8.97. The molecule has 1 amide bonds. The van der Waals surface area contributed by atoms with E-state index < -0.39 is 0 Å². The van der Waals surface area contributed by atoms with Crippen LogP contribution in [0.15, 0.2) is 42.7 Å². The molecule has 1 aliphatic heterocycles. The third-order valence-electron chi connectivity index (χ3n) is 7.51. The number of aromatic hydroxyl groups is 1. The molecule has 2 heterocycles. The number of H-pyrrole nitrogens is 1. The molecule has 0 spiro atoms. The Bertz CT molecular complexity index is 1100. The fraction of sp³-hybridized carbons (Fsp3) is 0.391. The van der Waals surface area contributed by atoms with Gasteiger partial charge in [-0.1, -0.05) is 32.9 Å². The Morgan fingerprint density at radius 1 is 1.25 bits per heavy atom.